The van der Waals surface area contributed by atoms with Crippen molar-refractivity contribution in [2.24, 2.45) is 0 Å². The van der Waals surface area contributed by atoms with Crippen LogP contribution in [0.5, 0.6) is 0 Å². The number of hydrogen-bond donors (Lipinski definition) is 2. The van der Waals surface area contributed by atoms with E-state index >= 15 is 0 Å². The van der Waals surface area contributed by atoms with Crippen molar-refractivity contribution in [2.75, 3.05) is 11.9 Å². The zero-order chi connectivity index (χ0) is 20.6. The number of nitrogens with zero attached hydrogens (tertiary/aromatic N) is 1. The molecule has 0 unspecified atom stereocenters. The molecule has 0 saturated carbocycles. The van der Waals surface area contributed by atoms with Gasteiger partial charge in [-0.25, -0.2) is 18.1 Å². The summed E-state index contributed by atoms with van der Waals surface area (Å²) in [6.07, 6.45) is 3.18. The molecular formula is C20H27N3O3S2. The summed E-state index contributed by atoms with van der Waals surface area (Å²) in [6, 6.07) is 0. The summed E-state index contributed by atoms with van der Waals surface area (Å²) in [5.41, 5.74) is 5.68. The number of aromatic nitrogens is 1. The highest BCUT2D eigenvalue weighted by Crippen LogP contribution is 2.31. The number of nitrogens with one attached hydrogen (secondary N) is 2. The normalized spacial score (nSPS) is 13.6. The van der Waals surface area contributed by atoms with Gasteiger partial charge in [0.15, 0.2) is 5.13 Å². The van der Waals surface area contributed by atoms with E-state index in [9.17, 15) is 13.2 Å². The summed E-state index contributed by atoms with van der Waals surface area (Å²) in [5, 5.41) is 3.39. The molecule has 0 radical (unpaired) electrons. The molecule has 0 aliphatic heterocycles. The lowest BCUT2D eigenvalue weighted by Crippen LogP contribution is -2.29. The van der Waals surface area contributed by atoms with E-state index in [1.165, 1.54) is 16.2 Å². The SMILES string of the molecule is Cc1c(C)c(C)c(S(=O)(=O)NCCC(=O)Nc2nc3c(s2)CCC3)c(C)c1C. The fourth-order valence-corrected chi connectivity index (χ4v) is 6.36. The highest BCUT2D eigenvalue weighted by Gasteiger charge is 2.24. The number of rotatable bonds is 6. The van der Waals surface area contributed by atoms with Gasteiger partial charge in [-0.3, -0.25) is 4.79 Å². The second-order valence-corrected chi connectivity index (χ2v) is 10.2. The molecule has 0 spiro atoms. The van der Waals surface area contributed by atoms with Crippen LogP contribution in [-0.4, -0.2) is 25.9 Å². The first-order valence-corrected chi connectivity index (χ1v) is 11.8. The molecular weight excluding hydrogens is 394 g/mol. The molecule has 28 heavy (non-hydrogen) atoms. The Hall–Kier alpha value is -1.77. The summed E-state index contributed by atoms with van der Waals surface area (Å²) in [5.74, 6) is -0.236. The number of fused-ring (bicyclic) bond motifs is 1. The van der Waals surface area contributed by atoms with Gasteiger partial charge in [-0.15, -0.1) is 11.3 Å². The second-order valence-electron chi connectivity index (χ2n) is 7.39. The van der Waals surface area contributed by atoms with Gasteiger partial charge in [-0.2, -0.15) is 0 Å². The van der Waals surface area contributed by atoms with Crippen molar-refractivity contribution < 1.29 is 13.2 Å². The van der Waals surface area contributed by atoms with Gasteiger partial charge in [0, 0.05) is 17.8 Å². The first-order valence-electron chi connectivity index (χ1n) is 9.47. The van der Waals surface area contributed by atoms with Crippen LogP contribution in [0.2, 0.25) is 0 Å². The van der Waals surface area contributed by atoms with E-state index in [-0.39, 0.29) is 18.9 Å². The lowest BCUT2D eigenvalue weighted by atomic mass is 9.95. The quantitative estimate of drug-likeness (QED) is 0.747. The molecule has 1 aliphatic carbocycles. The van der Waals surface area contributed by atoms with Gasteiger partial charge in [0.25, 0.3) is 0 Å². The van der Waals surface area contributed by atoms with Gasteiger partial charge in [-0.05, 0) is 81.7 Å². The lowest BCUT2D eigenvalue weighted by Gasteiger charge is -2.19. The maximum absolute atomic E-state index is 12.9. The minimum absolute atomic E-state index is 0.0457. The third kappa shape index (κ3) is 3.99. The van der Waals surface area contributed by atoms with E-state index in [4.69, 9.17) is 0 Å². The first-order chi connectivity index (χ1) is 13.1. The van der Waals surface area contributed by atoms with E-state index in [1.54, 1.807) is 0 Å². The van der Waals surface area contributed by atoms with Crippen LogP contribution in [0.4, 0.5) is 5.13 Å². The monoisotopic (exact) mass is 421 g/mol. The smallest absolute Gasteiger partial charge is 0.241 e. The van der Waals surface area contributed by atoms with Gasteiger partial charge in [0.1, 0.15) is 0 Å². The molecule has 0 bridgehead atoms. The molecule has 152 valence electrons. The number of anilines is 1. The van der Waals surface area contributed by atoms with Crippen LogP contribution in [-0.2, 0) is 27.7 Å². The Kier molecular flexibility index (Phi) is 5.93. The van der Waals surface area contributed by atoms with Crippen LogP contribution in [0.3, 0.4) is 0 Å². The van der Waals surface area contributed by atoms with Crippen molar-refractivity contribution in [3.63, 3.8) is 0 Å². The molecule has 2 aromatic rings. The minimum atomic E-state index is -3.69. The highest BCUT2D eigenvalue weighted by molar-refractivity contribution is 7.89. The standard InChI is InChI=1S/C20H27N3O3S2/c1-11-12(2)14(4)19(15(5)13(11)3)28(25,26)21-10-9-18(24)23-20-22-16-7-6-8-17(16)27-20/h21H,6-10H2,1-5H3,(H,22,23,24). The topological polar surface area (TPSA) is 88.2 Å². The van der Waals surface area contributed by atoms with Crippen LogP contribution in [0.1, 0.15) is 51.2 Å². The fraction of sp³-hybridized carbons (Fsp3) is 0.500. The Labute approximate surface area is 170 Å². The largest absolute Gasteiger partial charge is 0.302 e. The van der Waals surface area contributed by atoms with Gasteiger partial charge in [0.05, 0.1) is 10.6 Å². The van der Waals surface area contributed by atoms with Crippen LogP contribution < -0.4 is 10.0 Å². The molecule has 1 heterocycles. The second kappa shape index (κ2) is 7.93. The molecule has 3 rings (SSSR count). The van der Waals surface area contributed by atoms with Crippen molar-refractivity contribution in [3.8, 4) is 0 Å². The molecule has 0 fully saturated rings. The number of benzene rings is 1. The van der Waals surface area contributed by atoms with Gasteiger partial charge in [0.2, 0.25) is 15.9 Å². The van der Waals surface area contributed by atoms with E-state index in [0.29, 0.717) is 10.0 Å². The Bertz CT molecular complexity index is 989. The average molecular weight is 422 g/mol. The van der Waals surface area contributed by atoms with Crippen LogP contribution in [0.25, 0.3) is 0 Å². The molecule has 0 atom stereocenters. The Balaban J connectivity index is 1.64. The number of aryl methyl sites for hydroxylation is 2. The first kappa shape index (κ1) is 21.0. The van der Waals surface area contributed by atoms with Crippen molar-refractivity contribution in [1.29, 1.82) is 0 Å². The zero-order valence-electron chi connectivity index (χ0n) is 17.0. The number of carbonyl (C=O) groups is 1. The average Bonchev–Trinajstić information content (AvgIpc) is 3.19. The molecule has 1 aliphatic rings. The molecule has 0 saturated heterocycles. The molecule has 1 amide bonds. The predicted octanol–water partition coefficient (Wildman–Crippen LogP) is 3.48. The fourth-order valence-electron chi connectivity index (χ4n) is 3.67. The number of hydrogen-bond acceptors (Lipinski definition) is 5. The predicted molar refractivity (Wildman–Crippen MR) is 113 cm³/mol. The molecule has 6 nitrogen and oxygen atoms in total. The molecule has 1 aromatic carbocycles. The maximum Gasteiger partial charge on any atom is 0.241 e. The summed E-state index contributed by atoms with van der Waals surface area (Å²) in [4.78, 5) is 18.2. The van der Waals surface area contributed by atoms with Crippen molar-refractivity contribution in [2.45, 2.75) is 65.2 Å². The molecule has 8 heteroatoms. The summed E-state index contributed by atoms with van der Waals surface area (Å²) < 4.78 is 28.3. The number of sulfonamides is 1. The van der Waals surface area contributed by atoms with Crippen molar-refractivity contribution in [3.05, 3.63) is 38.4 Å². The summed E-state index contributed by atoms with van der Waals surface area (Å²) >= 11 is 1.51. The maximum atomic E-state index is 12.9. The Morgan fingerprint density at radius 3 is 2.21 bits per heavy atom. The van der Waals surface area contributed by atoms with Crippen LogP contribution >= 0.6 is 11.3 Å². The van der Waals surface area contributed by atoms with Gasteiger partial charge in [-0.1, -0.05) is 0 Å². The number of thiazole rings is 1. The van der Waals surface area contributed by atoms with Gasteiger partial charge >= 0.3 is 0 Å². The van der Waals surface area contributed by atoms with Gasteiger partial charge < -0.3 is 5.32 Å². The molecule has 1 aromatic heterocycles. The third-order valence-corrected chi connectivity index (χ3v) is 8.49. The Morgan fingerprint density at radius 2 is 1.61 bits per heavy atom. The molecule has 2 N–H and O–H groups in total. The van der Waals surface area contributed by atoms with E-state index in [2.05, 4.69) is 15.0 Å². The highest BCUT2D eigenvalue weighted by atomic mass is 32.2. The minimum Gasteiger partial charge on any atom is -0.302 e. The summed E-state index contributed by atoms with van der Waals surface area (Å²) in [6.45, 7) is 9.59. The van der Waals surface area contributed by atoms with Crippen LogP contribution in [0.15, 0.2) is 4.90 Å². The summed E-state index contributed by atoms with van der Waals surface area (Å²) in [7, 11) is -3.69. The van der Waals surface area contributed by atoms with E-state index in [0.717, 1.165) is 52.8 Å². The van der Waals surface area contributed by atoms with E-state index in [1.807, 2.05) is 34.6 Å². The van der Waals surface area contributed by atoms with Crippen molar-refractivity contribution in [1.82, 2.24) is 9.71 Å². The van der Waals surface area contributed by atoms with Crippen LogP contribution in [0, 0.1) is 34.6 Å². The Morgan fingerprint density at radius 1 is 1.00 bits per heavy atom. The third-order valence-electron chi connectivity index (χ3n) is 5.69. The number of carbonyl (C=O) groups excluding carboxylic acids is 1. The van der Waals surface area contributed by atoms with E-state index < -0.39 is 10.0 Å². The zero-order valence-corrected chi connectivity index (χ0v) is 18.7. The van der Waals surface area contributed by atoms with Crippen molar-refractivity contribution >= 4 is 32.4 Å². The number of amides is 1. The lowest BCUT2D eigenvalue weighted by molar-refractivity contribution is -0.116.